The largest absolute Gasteiger partial charge is 0.551 e. The fourth-order valence-corrected chi connectivity index (χ4v) is 10.4. The van der Waals surface area contributed by atoms with Gasteiger partial charge in [-0.2, -0.15) is 0 Å². The molecule has 5 heterocycles. The summed E-state index contributed by atoms with van der Waals surface area (Å²) in [6.45, 7) is -0.306. The zero-order valence-electron chi connectivity index (χ0n) is 31.7. The predicted molar refractivity (Wildman–Crippen MR) is 244 cm³/mol. The Kier molecular flexibility index (Phi) is 6.07. The van der Waals surface area contributed by atoms with Crippen LogP contribution < -0.4 is 20.3 Å². The standard InChI is InChI=1S/C54H31BN2O2/c1-2-14-36(33-27-43-39-17-5-10-22-48(39)57-49-23-11-6-18-40(49)44(28-33)54(43)57)35(13-1)32-25-26-45-51(29-32)58-52-31-34(30-42-41-19-7-12-24-50(41)59-55(45)53(42)52)56-46-20-8-3-15-37(46)38-16-4-9-21-47(38)56/h1-31H. The SMILES string of the molecule is c1ccc2c(c1)OB1c3ccc(-c4ccccc4-c4cc5c6ccccc6n6c7ccccc7c(c4)c56)cc3Oc3cc(-n4c5ccccc5c5ccccc54)cc-2c31. The molecule has 9 aromatic carbocycles. The minimum atomic E-state index is -0.306. The molecule has 0 saturated heterocycles. The molecule has 0 saturated carbocycles. The fraction of sp³-hybridized carbons (Fsp3) is 0. The Morgan fingerprint density at radius 1 is 0.373 bits per heavy atom. The summed E-state index contributed by atoms with van der Waals surface area (Å²) >= 11 is 0. The zero-order chi connectivity index (χ0) is 38.3. The van der Waals surface area contributed by atoms with Gasteiger partial charge in [0.1, 0.15) is 17.2 Å². The number of ether oxygens (including phenoxy) is 1. The third kappa shape index (κ3) is 4.18. The number of benzene rings is 9. The maximum absolute atomic E-state index is 7.09. The molecular weight excluding hydrogens is 719 g/mol. The highest BCUT2D eigenvalue weighted by Crippen LogP contribution is 2.45. The Hall–Kier alpha value is -7.76. The lowest BCUT2D eigenvalue weighted by atomic mass is 9.50. The summed E-state index contributed by atoms with van der Waals surface area (Å²) in [5.41, 5.74) is 16.1. The minimum Gasteiger partial charge on any atom is -0.551 e. The number of para-hydroxylation sites is 5. The fourth-order valence-electron chi connectivity index (χ4n) is 10.4. The van der Waals surface area contributed by atoms with E-state index in [1.807, 2.05) is 0 Å². The molecule has 0 bridgehead atoms. The lowest BCUT2D eigenvalue weighted by molar-refractivity contribution is 0.479. The van der Waals surface area contributed by atoms with Crippen LogP contribution in [0.15, 0.2) is 188 Å². The van der Waals surface area contributed by atoms with Crippen LogP contribution in [0.2, 0.25) is 0 Å². The highest BCUT2D eigenvalue weighted by atomic mass is 16.5. The van der Waals surface area contributed by atoms with E-state index in [0.717, 1.165) is 67.1 Å². The Balaban J connectivity index is 0.957. The minimum absolute atomic E-state index is 0.306. The van der Waals surface area contributed by atoms with Gasteiger partial charge in [-0.15, -0.1) is 0 Å². The van der Waals surface area contributed by atoms with Gasteiger partial charge in [-0.25, -0.2) is 0 Å². The normalized spacial score (nSPS) is 13.0. The van der Waals surface area contributed by atoms with E-state index in [4.69, 9.17) is 9.39 Å². The predicted octanol–water partition coefficient (Wildman–Crippen LogP) is 12.5. The number of fused-ring (bicyclic) bond motifs is 13. The van der Waals surface area contributed by atoms with Gasteiger partial charge in [-0.1, -0.05) is 127 Å². The Labute approximate surface area is 339 Å². The summed E-state index contributed by atoms with van der Waals surface area (Å²) in [7, 11) is 0. The van der Waals surface area contributed by atoms with Crippen LogP contribution in [0.1, 0.15) is 0 Å². The summed E-state index contributed by atoms with van der Waals surface area (Å²) in [5, 5.41) is 7.55. The maximum Gasteiger partial charge on any atom is 0.434 e. The van der Waals surface area contributed by atoms with Gasteiger partial charge in [-0.05, 0) is 82.4 Å². The van der Waals surface area contributed by atoms with Crippen molar-refractivity contribution in [2.45, 2.75) is 0 Å². The molecule has 0 spiro atoms. The lowest BCUT2D eigenvalue weighted by Crippen LogP contribution is -2.53. The van der Waals surface area contributed by atoms with Gasteiger partial charge >= 0.3 is 6.92 Å². The molecule has 59 heavy (non-hydrogen) atoms. The van der Waals surface area contributed by atoms with E-state index in [-0.39, 0.29) is 6.92 Å². The van der Waals surface area contributed by atoms with Crippen molar-refractivity contribution in [2.24, 2.45) is 0 Å². The van der Waals surface area contributed by atoms with E-state index in [1.54, 1.807) is 0 Å². The van der Waals surface area contributed by atoms with E-state index < -0.39 is 0 Å². The summed E-state index contributed by atoms with van der Waals surface area (Å²) in [4.78, 5) is 0. The lowest BCUT2D eigenvalue weighted by Gasteiger charge is -2.33. The Bertz CT molecular complexity index is 3630. The molecule has 0 fully saturated rings. The van der Waals surface area contributed by atoms with E-state index >= 15 is 0 Å². The van der Waals surface area contributed by atoms with Crippen LogP contribution in [0.3, 0.4) is 0 Å². The van der Waals surface area contributed by atoms with Crippen molar-refractivity contribution in [1.29, 1.82) is 0 Å². The summed E-state index contributed by atoms with van der Waals surface area (Å²) in [6.07, 6.45) is 0. The molecule has 0 aliphatic carbocycles. The second-order valence-corrected chi connectivity index (χ2v) is 16.0. The number of aromatic nitrogens is 2. The monoisotopic (exact) mass is 750 g/mol. The highest BCUT2D eigenvalue weighted by Gasteiger charge is 2.41. The molecule has 2 aliphatic rings. The molecule has 0 amide bonds. The zero-order valence-corrected chi connectivity index (χ0v) is 31.7. The molecule has 3 aromatic heterocycles. The van der Waals surface area contributed by atoms with Crippen molar-refractivity contribution in [3.63, 3.8) is 0 Å². The smallest absolute Gasteiger partial charge is 0.434 e. The first-order valence-corrected chi connectivity index (χ1v) is 20.3. The van der Waals surface area contributed by atoms with E-state index in [1.165, 1.54) is 60.0 Å². The molecule has 0 unspecified atom stereocenters. The highest BCUT2D eigenvalue weighted by molar-refractivity contribution is 6.84. The van der Waals surface area contributed by atoms with Crippen molar-refractivity contribution in [3.05, 3.63) is 188 Å². The molecular formula is C54H31BN2O2. The van der Waals surface area contributed by atoms with Crippen LogP contribution in [0, 0.1) is 0 Å². The topological polar surface area (TPSA) is 27.8 Å². The van der Waals surface area contributed by atoms with Crippen LogP contribution in [0.5, 0.6) is 17.2 Å². The van der Waals surface area contributed by atoms with E-state index in [0.29, 0.717) is 0 Å². The van der Waals surface area contributed by atoms with E-state index in [9.17, 15) is 0 Å². The molecule has 0 atom stereocenters. The van der Waals surface area contributed by atoms with Gasteiger partial charge in [0, 0.05) is 54.9 Å². The molecule has 14 rings (SSSR count). The summed E-state index contributed by atoms with van der Waals surface area (Å²) in [5.74, 6) is 2.51. The van der Waals surface area contributed by atoms with Crippen LogP contribution in [-0.4, -0.2) is 15.9 Å². The van der Waals surface area contributed by atoms with Crippen LogP contribution in [0.25, 0.3) is 99.0 Å². The van der Waals surface area contributed by atoms with Crippen molar-refractivity contribution in [1.82, 2.24) is 8.97 Å². The van der Waals surface area contributed by atoms with Gasteiger partial charge in [0.05, 0.1) is 33.3 Å². The van der Waals surface area contributed by atoms with Gasteiger partial charge in [0.2, 0.25) is 0 Å². The van der Waals surface area contributed by atoms with Gasteiger partial charge in [0.15, 0.2) is 0 Å². The molecule has 272 valence electrons. The first-order chi connectivity index (χ1) is 29.3. The second-order valence-electron chi connectivity index (χ2n) is 16.0. The Morgan fingerprint density at radius 3 is 1.58 bits per heavy atom. The van der Waals surface area contributed by atoms with Crippen molar-refractivity contribution < 1.29 is 9.39 Å². The summed E-state index contributed by atoms with van der Waals surface area (Å²) in [6, 6.07) is 68.0. The molecule has 12 aromatic rings. The third-order valence-electron chi connectivity index (χ3n) is 12.9. The van der Waals surface area contributed by atoms with Gasteiger partial charge < -0.3 is 18.4 Å². The number of rotatable bonds is 3. The molecule has 2 aliphatic heterocycles. The van der Waals surface area contributed by atoms with Crippen molar-refractivity contribution in [2.75, 3.05) is 0 Å². The van der Waals surface area contributed by atoms with Crippen molar-refractivity contribution in [3.8, 4) is 56.3 Å². The van der Waals surface area contributed by atoms with Crippen LogP contribution >= 0.6 is 0 Å². The number of nitrogens with zero attached hydrogens (tertiary/aromatic N) is 2. The van der Waals surface area contributed by atoms with Gasteiger partial charge in [-0.3, -0.25) is 0 Å². The van der Waals surface area contributed by atoms with E-state index in [2.05, 4.69) is 197 Å². The van der Waals surface area contributed by atoms with Crippen LogP contribution in [-0.2, 0) is 0 Å². The Morgan fingerprint density at radius 2 is 0.915 bits per heavy atom. The summed E-state index contributed by atoms with van der Waals surface area (Å²) < 4.78 is 18.8. The van der Waals surface area contributed by atoms with Crippen molar-refractivity contribution >= 4 is 77.7 Å². The number of hydrogen-bond donors (Lipinski definition) is 0. The average molecular weight is 751 g/mol. The third-order valence-corrected chi connectivity index (χ3v) is 12.9. The first-order valence-electron chi connectivity index (χ1n) is 20.3. The average Bonchev–Trinajstić information content (AvgIpc) is 3.94. The molecule has 5 heteroatoms. The van der Waals surface area contributed by atoms with Gasteiger partial charge in [0.25, 0.3) is 0 Å². The number of hydrogen-bond acceptors (Lipinski definition) is 2. The molecule has 0 N–H and O–H groups in total. The second kappa shape index (κ2) is 11.4. The van der Waals surface area contributed by atoms with Crippen LogP contribution in [0.4, 0.5) is 0 Å². The maximum atomic E-state index is 7.09. The molecule has 0 radical (unpaired) electrons. The first kappa shape index (κ1) is 31.3. The molecule has 4 nitrogen and oxygen atoms in total. The quantitative estimate of drug-likeness (QED) is 0.168.